The summed E-state index contributed by atoms with van der Waals surface area (Å²) in [6.07, 6.45) is 3.26. The van der Waals surface area contributed by atoms with Gasteiger partial charge in [0.25, 0.3) is 0 Å². The number of hydrogen-bond donors (Lipinski definition) is 2. The van der Waals surface area contributed by atoms with Gasteiger partial charge in [-0.15, -0.1) is 0 Å². The Kier molecular flexibility index (Phi) is 5.40. The monoisotopic (exact) mass is 358 g/mol. The average Bonchev–Trinajstić information content (AvgIpc) is 2.61. The van der Waals surface area contributed by atoms with E-state index in [1.165, 1.54) is 12.1 Å². The number of anilines is 1. The van der Waals surface area contributed by atoms with Crippen LogP contribution in [0.25, 0.3) is 0 Å². The maximum Gasteiger partial charge on any atom is 0.303 e. The van der Waals surface area contributed by atoms with Gasteiger partial charge in [-0.1, -0.05) is 17.3 Å². The summed E-state index contributed by atoms with van der Waals surface area (Å²) in [6.45, 7) is 0.210. The van der Waals surface area contributed by atoms with Gasteiger partial charge in [0.05, 0.1) is 11.4 Å². The molecule has 2 aromatic rings. The van der Waals surface area contributed by atoms with Crippen LogP contribution in [0.5, 0.6) is 0 Å². The summed E-state index contributed by atoms with van der Waals surface area (Å²) in [4.78, 5) is 24.2. The number of hydrogen-bond acceptors (Lipinski definition) is 6. The Bertz CT molecular complexity index is 824. The van der Waals surface area contributed by atoms with E-state index in [0.29, 0.717) is 25.0 Å². The average molecular weight is 358 g/mol. The summed E-state index contributed by atoms with van der Waals surface area (Å²) in [7, 11) is 0. The zero-order valence-corrected chi connectivity index (χ0v) is 14.1. The Morgan fingerprint density at radius 1 is 1.35 bits per heavy atom. The second-order valence-corrected chi connectivity index (χ2v) is 6.11. The van der Waals surface area contributed by atoms with Crippen LogP contribution in [0.4, 0.5) is 10.3 Å². The van der Waals surface area contributed by atoms with Crippen molar-refractivity contribution in [2.45, 2.75) is 31.6 Å². The normalized spacial score (nSPS) is 17.7. The van der Waals surface area contributed by atoms with Gasteiger partial charge in [0.15, 0.2) is 0 Å². The quantitative estimate of drug-likeness (QED) is 0.606. The van der Waals surface area contributed by atoms with E-state index in [1.54, 1.807) is 18.3 Å². The van der Waals surface area contributed by atoms with E-state index in [0.717, 1.165) is 16.8 Å². The molecule has 1 unspecified atom stereocenters. The van der Waals surface area contributed by atoms with Gasteiger partial charge in [-0.25, -0.2) is 14.4 Å². The molecule has 0 aliphatic heterocycles. The Hall–Kier alpha value is -3.03. The van der Waals surface area contributed by atoms with E-state index in [-0.39, 0.29) is 30.7 Å². The van der Waals surface area contributed by atoms with E-state index in [2.05, 4.69) is 15.1 Å². The fourth-order valence-electron chi connectivity index (χ4n) is 2.95. The third-order valence-electron chi connectivity index (χ3n) is 4.22. The molecule has 1 aromatic carbocycles. The van der Waals surface area contributed by atoms with Gasteiger partial charge in [0.1, 0.15) is 12.4 Å². The van der Waals surface area contributed by atoms with Crippen LogP contribution in [-0.2, 0) is 16.1 Å². The van der Waals surface area contributed by atoms with Gasteiger partial charge in [-0.2, -0.15) is 0 Å². The third kappa shape index (κ3) is 4.33. The molecule has 0 saturated carbocycles. The molecule has 3 rings (SSSR count). The van der Waals surface area contributed by atoms with Crippen LogP contribution in [0, 0.1) is 5.82 Å². The molecule has 8 heteroatoms. The van der Waals surface area contributed by atoms with E-state index >= 15 is 0 Å². The molecule has 1 heterocycles. The number of oxime groups is 1. The molecule has 136 valence electrons. The maximum absolute atomic E-state index is 13.2. The number of aromatic nitrogens is 2. The van der Waals surface area contributed by atoms with Crippen molar-refractivity contribution in [1.82, 2.24) is 9.97 Å². The van der Waals surface area contributed by atoms with Crippen molar-refractivity contribution in [3.63, 3.8) is 0 Å². The fraction of sp³-hybridized carbons (Fsp3) is 0.333. The highest BCUT2D eigenvalue weighted by atomic mass is 19.1. The van der Waals surface area contributed by atoms with E-state index in [4.69, 9.17) is 15.7 Å². The molecule has 0 saturated heterocycles. The molecule has 0 spiro atoms. The third-order valence-corrected chi connectivity index (χ3v) is 4.22. The predicted octanol–water partition coefficient (Wildman–Crippen LogP) is 2.51. The first-order valence-electron chi connectivity index (χ1n) is 8.31. The lowest BCUT2D eigenvalue weighted by Crippen LogP contribution is -2.22. The first kappa shape index (κ1) is 17.8. The number of carbonyl (C=O) groups is 1. The largest absolute Gasteiger partial charge is 0.481 e. The number of carboxylic acid groups (broad SMARTS) is 1. The van der Waals surface area contributed by atoms with Crippen LogP contribution in [-0.4, -0.2) is 33.4 Å². The molecular weight excluding hydrogens is 339 g/mol. The number of fused-ring (bicyclic) bond motifs is 1. The van der Waals surface area contributed by atoms with Crippen LogP contribution < -0.4 is 5.73 Å². The van der Waals surface area contributed by atoms with Crippen molar-refractivity contribution < 1.29 is 19.1 Å². The molecule has 26 heavy (non-hydrogen) atoms. The minimum atomic E-state index is -0.871. The first-order chi connectivity index (χ1) is 12.5. The van der Waals surface area contributed by atoms with Crippen molar-refractivity contribution in [1.29, 1.82) is 0 Å². The molecule has 0 amide bonds. The molecule has 3 N–H and O–H groups in total. The van der Waals surface area contributed by atoms with Crippen LogP contribution in [0.15, 0.2) is 35.6 Å². The highest BCUT2D eigenvalue weighted by Crippen LogP contribution is 2.32. The lowest BCUT2D eigenvalue weighted by atomic mass is 9.82. The minimum Gasteiger partial charge on any atom is -0.481 e. The van der Waals surface area contributed by atoms with Crippen molar-refractivity contribution in [3.05, 3.63) is 53.1 Å². The number of benzene rings is 1. The number of aliphatic carboxylic acids is 1. The molecule has 1 aliphatic carbocycles. The van der Waals surface area contributed by atoms with Crippen molar-refractivity contribution in [2.24, 2.45) is 5.16 Å². The Balaban J connectivity index is 1.80. The number of rotatable bonds is 6. The molecule has 1 aliphatic rings. The fourth-order valence-corrected chi connectivity index (χ4v) is 2.95. The molecule has 1 atom stereocenters. The molecule has 0 radical (unpaired) electrons. The number of nitrogen functional groups attached to an aromatic ring is 1. The molecule has 0 bridgehead atoms. The Labute approximate surface area is 149 Å². The van der Waals surface area contributed by atoms with Gasteiger partial charge in [-0.05, 0) is 36.5 Å². The summed E-state index contributed by atoms with van der Waals surface area (Å²) in [5.41, 5.74) is 8.90. The highest BCUT2D eigenvalue weighted by Gasteiger charge is 2.27. The van der Waals surface area contributed by atoms with Crippen LogP contribution in [0.1, 0.15) is 42.0 Å². The number of halogens is 1. The van der Waals surface area contributed by atoms with Crippen molar-refractivity contribution in [3.8, 4) is 0 Å². The second kappa shape index (κ2) is 7.90. The van der Waals surface area contributed by atoms with E-state index in [1.807, 2.05) is 0 Å². The maximum atomic E-state index is 13.2. The summed E-state index contributed by atoms with van der Waals surface area (Å²) >= 11 is 0. The predicted molar refractivity (Wildman–Crippen MR) is 93.3 cm³/mol. The summed E-state index contributed by atoms with van der Waals surface area (Å²) in [6, 6.07) is 6.36. The van der Waals surface area contributed by atoms with Gasteiger partial charge in [-0.3, -0.25) is 4.79 Å². The Morgan fingerprint density at radius 3 is 2.85 bits per heavy atom. The molecule has 1 aromatic heterocycles. The first-order valence-corrected chi connectivity index (χ1v) is 8.31. The van der Waals surface area contributed by atoms with Crippen molar-refractivity contribution >= 4 is 17.6 Å². The van der Waals surface area contributed by atoms with Crippen molar-refractivity contribution in [2.75, 3.05) is 12.3 Å². The molecule has 0 fully saturated rings. The van der Waals surface area contributed by atoms with Crippen LogP contribution in [0.3, 0.4) is 0 Å². The van der Waals surface area contributed by atoms with E-state index < -0.39 is 5.97 Å². The topological polar surface area (TPSA) is 111 Å². The zero-order valence-electron chi connectivity index (χ0n) is 14.1. The number of nitrogens with two attached hydrogens (primary N) is 1. The zero-order chi connectivity index (χ0) is 18.5. The summed E-state index contributed by atoms with van der Waals surface area (Å²) in [5.74, 6) is -0.902. The number of nitrogens with zero attached hydrogens (tertiary/aromatic N) is 3. The standard InChI is InChI=1S/C18H19FN4O3/c19-13-5-3-11(4-6-13)12-8-15-14(10-21-18(20)22-15)16(9-12)23-26-7-1-2-17(24)25/h3-6,10,12H,1-2,7-9H2,(H,24,25)(H2,20,21,22)/b23-16+. The minimum absolute atomic E-state index is 0.0271. The van der Waals surface area contributed by atoms with Gasteiger partial charge in [0.2, 0.25) is 5.95 Å². The Morgan fingerprint density at radius 2 is 2.12 bits per heavy atom. The smallest absolute Gasteiger partial charge is 0.303 e. The lowest BCUT2D eigenvalue weighted by molar-refractivity contribution is -0.137. The number of carboxylic acids is 1. The van der Waals surface area contributed by atoms with Crippen LogP contribution >= 0.6 is 0 Å². The molecule has 7 nitrogen and oxygen atoms in total. The molecular formula is C18H19FN4O3. The van der Waals surface area contributed by atoms with E-state index in [9.17, 15) is 9.18 Å². The lowest BCUT2D eigenvalue weighted by Gasteiger charge is -2.25. The summed E-state index contributed by atoms with van der Waals surface area (Å²) in [5, 5.41) is 12.8. The van der Waals surface area contributed by atoms with Gasteiger partial charge in [0, 0.05) is 24.6 Å². The SMILES string of the molecule is Nc1ncc2c(n1)CC(c1ccc(F)cc1)C/C2=N\OCCCC(=O)O. The highest BCUT2D eigenvalue weighted by molar-refractivity contribution is 6.02. The second-order valence-electron chi connectivity index (χ2n) is 6.11. The van der Waals surface area contributed by atoms with Gasteiger partial charge < -0.3 is 15.7 Å². The van der Waals surface area contributed by atoms with Crippen LogP contribution in [0.2, 0.25) is 0 Å². The van der Waals surface area contributed by atoms with Gasteiger partial charge >= 0.3 is 5.97 Å². The summed E-state index contributed by atoms with van der Waals surface area (Å²) < 4.78 is 13.2.